The maximum absolute atomic E-state index is 8.91. The molecule has 0 radical (unpaired) electrons. The standard InChI is InChI=1S/C8H15NO3.ClH/c10-3-7-4-11-6-8(12-7)1-2-9-5-8;/h7,9-10H,1-6H2;1H. The van der Waals surface area contributed by atoms with Crippen LogP contribution in [0.15, 0.2) is 0 Å². The molecule has 0 aliphatic carbocycles. The van der Waals surface area contributed by atoms with Gasteiger partial charge in [-0.1, -0.05) is 0 Å². The Balaban J connectivity index is 0.000000845. The molecule has 0 aromatic heterocycles. The average Bonchev–Trinajstić information content (AvgIpc) is 2.53. The number of aliphatic hydroxyl groups excluding tert-OH is 1. The molecule has 78 valence electrons. The highest BCUT2D eigenvalue weighted by Gasteiger charge is 2.40. The zero-order valence-electron chi connectivity index (χ0n) is 7.49. The van der Waals surface area contributed by atoms with Crippen molar-refractivity contribution in [2.45, 2.75) is 18.1 Å². The number of ether oxygens (including phenoxy) is 2. The largest absolute Gasteiger partial charge is 0.394 e. The summed E-state index contributed by atoms with van der Waals surface area (Å²) in [5, 5.41) is 12.2. The summed E-state index contributed by atoms with van der Waals surface area (Å²) in [6.45, 7) is 3.08. The first-order chi connectivity index (χ1) is 5.85. The lowest BCUT2D eigenvalue weighted by atomic mass is 10.0. The highest BCUT2D eigenvalue weighted by molar-refractivity contribution is 5.85. The molecule has 0 amide bonds. The molecular formula is C8H16ClNO3. The minimum Gasteiger partial charge on any atom is -0.394 e. The lowest BCUT2D eigenvalue weighted by molar-refractivity contribution is -0.198. The Morgan fingerprint density at radius 3 is 3.00 bits per heavy atom. The minimum atomic E-state index is -0.147. The van der Waals surface area contributed by atoms with Gasteiger partial charge in [0, 0.05) is 6.54 Å². The zero-order valence-corrected chi connectivity index (χ0v) is 8.31. The van der Waals surface area contributed by atoms with Crippen LogP contribution in [0.2, 0.25) is 0 Å². The number of hydrogen-bond donors (Lipinski definition) is 2. The summed E-state index contributed by atoms with van der Waals surface area (Å²) in [6, 6.07) is 0. The van der Waals surface area contributed by atoms with Crippen LogP contribution in [0.25, 0.3) is 0 Å². The summed E-state index contributed by atoms with van der Waals surface area (Å²) >= 11 is 0. The van der Waals surface area contributed by atoms with Crippen molar-refractivity contribution in [1.82, 2.24) is 5.32 Å². The molecule has 0 saturated carbocycles. The Labute approximate surface area is 84.0 Å². The Bertz CT molecular complexity index is 161. The van der Waals surface area contributed by atoms with Gasteiger partial charge in [-0.15, -0.1) is 12.4 Å². The maximum atomic E-state index is 8.91. The Morgan fingerprint density at radius 1 is 1.54 bits per heavy atom. The molecule has 2 rings (SSSR count). The molecule has 2 heterocycles. The van der Waals surface area contributed by atoms with Crippen LogP contribution >= 0.6 is 12.4 Å². The number of aliphatic hydroxyl groups is 1. The third-order valence-corrected chi connectivity index (χ3v) is 2.49. The van der Waals surface area contributed by atoms with Crippen LogP contribution in [0.3, 0.4) is 0 Å². The molecule has 1 spiro atoms. The predicted octanol–water partition coefficient (Wildman–Crippen LogP) is -0.452. The van der Waals surface area contributed by atoms with E-state index in [2.05, 4.69) is 5.32 Å². The Morgan fingerprint density at radius 2 is 2.38 bits per heavy atom. The van der Waals surface area contributed by atoms with Crippen molar-refractivity contribution in [3.8, 4) is 0 Å². The van der Waals surface area contributed by atoms with Gasteiger partial charge in [0.05, 0.1) is 19.8 Å². The molecule has 13 heavy (non-hydrogen) atoms. The first-order valence-corrected chi connectivity index (χ1v) is 4.42. The molecule has 2 atom stereocenters. The van der Waals surface area contributed by atoms with E-state index in [1.807, 2.05) is 0 Å². The fourth-order valence-corrected chi connectivity index (χ4v) is 1.83. The van der Waals surface area contributed by atoms with Crippen molar-refractivity contribution in [3.63, 3.8) is 0 Å². The molecule has 2 N–H and O–H groups in total. The summed E-state index contributed by atoms with van der Waals surface area (Å²) in [6.07, 6.45) is 0.863. The summed E-state index contributed by atoms with van der Waals surface area (Å²) in [5.74, 6) is 0. The second kappa shape index (κ2) is 4.57. The topological polar surface area (TPSA) is 50.7 Å². The molecular weight excluding hydrogens is 194 g/mol. The SMILES string of the molecule is Cl.OCC1COCC2(CCNC2)O1. The molecule has 0 aromatic rings. The van der Waals surface area contributed by atoms with Gasteiger partial charge in [-0.25, -0.2) is 0 Å². The molecule has 2 aliphatic rings. The lowest BCUT2D eigenvalue weighted by Crippen LogP contribution is -2.50. The van der Waals surface area contributed by atoms with Crippen molar-refractivity contribution >= 4 is 12.4 Å². The van der Waals surface area contributed by atoms with Gasteiger partial charge >= 0.3 is 0 Å². The molecule has 2 fully saturated rings. The van der Waals surface area contributed by atoms with E-state index in [0.717, 1.165) is 19.5 Å². The molecule has 5 heteroatoms. The van der Waals surface area contributed by atoms with Crippen LogP contribution in [0.1, 0.15) is 6.42 Å². The smallest absolute Gasteiger partial charge is 0.106 e. The van der Waals surface area contributed by atoms with Gasteiger partial charge in [-0.3, -0.25) is 0 Å². The van der Waals surface area contributed by atoms with Crippen molar-refractivity contribution in [3.05, 3.63) is 0 Å². The average molecular weight is 210 g/mol. The molecule has 0 aromatic carbocycles. The first kappa shape index (κ1) is 11.2. The monoisotopic (exact) mass is 209 g/mol. The summed E-state index contributed by atoms with van der Waals surface area (Å²) < 4.78 is 11.1. The van der Waals surface area contributed by atoms with Crippen LogP contribution in [0.4, 0.5) is 0 Å². The Kier molecular flexibility index (Phi) is 3.94. The third kappa shape index (κ3) is 2.33. The van der Waals surface area contributed by atoms with E-state index in [1.54, 1.807) is 0 Å². The van der Waals surface area contributed by atoms with Crippen molar-refractivity contribution in [2.75, 3.05) is 32.9 Å². The van der Waals surface area contributed by atoms with E-state index < -0.39 is 0 Å². The molecule has 0 bridgehead atoms. The van der Waals surface area contributed by atoms with Gasteiger partial charge in [0.1, 0.15) is 11.7 Å². The van der Waals surface area contributed by atoms with Crippen molar-refractivity contribution in [2.24, 2.45) is 0 Å². The van der Waals surface area contributed by atoms with Gasteiger partial charge in [-0.05, 0) is 13.0 Å². The summed E-state index contributed by atoms with van der Waals surface area (Å²) in [5.41, 5.74) is -0.147. The number of halogens is 1. The van der Waals surface area contributed by atoms with Gasteiger partial charge in [-0.2, -0.15) is 0 Å². The number of rotatable bonds is 1. The minimum absolute atomic E-state index is 0. The molecule has 4 nitrogen and oxygen atoms in total. The van der Waals surface area contributed by atoms with Crippen LogP contribution in [-0.4, -0.2) is 49.7 Å². The first-order valence-electron chi connectivity index (χ1n) is 4.42. The van der Waals surface area contributed by atoms with Gasteiger partial charge in [0.15, 0.2) is 0 Å². The van der Waals surface area contributed by atoms with E-state index in [4.69, 9.17) is 14.6 Å². The third-order valence-electron chi connectivity index (χ3n) is 2.49. The van der Waals surface area contributed by atoms with Crippen molar-refractivity contribution < 1.29 is 14.6 Å². The van der Waals surface area contributed by atoms with Crippen molar-refractivity contribution in [1.29, 1.82) is 0 Å². The number of hydrogen-bond acceptors (Lipinski definition) is 4. The van der Waals surface area contributed by atoms with E-state index in [-0.39, 0.29) is 30.7 Å². The van der Waals surface area contributed by atoms with Gasteiger partial charge < -0.3 is 19.9 Å². The molecule has 2 saturated heterocycles. The summed E-state index contributed by atoms with van der Waals surface area (Å²) in [4.78, 5) is 0. The van der Waals surface area contributed by atoms with Crippen LogP contribution in [0.5, 0.6) is 0 Å². The maximum Gasteiger partial charge on any atom is 0.106 e. The molecule has 2 unspecified atom stereocenters. The normalized spacial score (nSPS) is 39.0. The highest BCUT2D eigenvalue weighted by Crippen LogP contribution is 2.25. The second-order valence-electron chi connectivity index (χ2n) is 3.55. The van der Waals surface area contributed by atoms with Crippen LogP contribution < -0.4 is 5.32 Å². The summed E-state index contributed by atoms with van der Waals surface area (Å²) in [7, 11) is 0. The molecule has 2 aliphatic heterocycles. The zero-order chi connectivity index (χ0) is 8.44. The van der Waals surface area contributed by atoms with E-state index in [1.165, 1.54) is 0 Å². The van der Waals surface area contributed by atoms with Crippen LogP contribution in [0, 0.1) is 0 Å². The highest BCUT2D eigenvalue weighted by atomic mass is 35.5. The number of nitrogens with one attached hydrogen (secondary N) is 1. The second-order valence-corrected chi connectivity index (χ2v) is 3.55. The van der Waals surface area contributed by atoms with Gasteiger partial charge in [0.25, 0.3) is 0 Å². The fraction of sp³-hybridized carbons (Fsp3) is 1.00. The predicted molar refractivity (Wildman–Crippen MR) is 50.2 cm³/mol. The Hall–Kier alpha value is 0.130. The van der Waals surface area contributed by atoms with E-state index >= 15 is 0 Å². The quantitative estimate of drug-likeness (QED) is 0.614. The lowest BCUT2D eigenvalue weighted by Gasteiger charge is -2.37. The van der Waals surface area contributed by atoms with Gasteiger partial charge in [0.2, 0.25) is 0 Å². The fourth-order valence-electron chi connectivity index (χ4n) is 1.83. The van der Waals surface area contributed by atoms with Crippen LogP contribution in [-0.2, 0) is 9.47 Å². The van der Waals surface area contributed by atoms with E-state index in [9.17, 15) is 0 Å². The van der Waals surface area contributed by atoms with E-state index in [0.29, 0.717) is 13.2 Å².